The van der Waals surface area contributed by atoms with Crippen molar-refractivity contribution < 1.29 is 0 Å². The quantitative estimate of drug-likeness (QED) is 0.158. The normalized spacial score (nSPS) is 12.5. The predicted molar refractivity (Wildman–Crippen MR) is 383 cm³/mol. The highest BCUT2D eigenvalue weighted by atomic mass is 32.1. The van der Waals surface area contributed by atoms with Crippen LogP contribution in [0.5, 0.6) is 0 Å². The molecule has 0 atom stereocenters. The van der Waals surface area contributed by atoms with Gasteiger partial charge in [0, 0.05) is 74.0 Å². The van der Waals surface area contributed by atoms with Gasteiger partial charge < -0.3 is 18.3 Å². The van der Waals surface area contributed by atoms with E-state index in [9.17, 15) is 11.8 Å². The first kappa shape index (κ1) is 52.4. The van der Waals surface area contributed by atoms with Crippen molar-refractivity contribution in [3.63, 3.8) is 0 Å². The summed E-state index contributed by atoms with van der Waals surface area (Å²) in [6.07, 6.45) is 0. The lowest BCUT2D eigenvalue weighted by atomic mass is 9.82. The highest BCUT2D eigenvalue weighted by molar-refractivity contribution is 7.27. The molecule has 0 amide bonds. The molecule has 0 spiro atoms. The maximum absolute atomic E-state index is 13.2. The molecule has 0 saturated heterocycles. The number of nitriles is 1. The molecular formula is C82H56N6S2. The highest BCUT2D eigenvalue weighted by Gasteiger charge is 2.37. The molecule has 0 fully saturated rings. The van der Waals surface area contributed by atoms with Crippen LogP contribution in [0.3, 0.4) is 0 Å². The van der Waals surface area contributed by atoms with E-state index in [0.29, 0.717) is 28.3 Å². The zero-order valence-corrected chi connectivity index (χ0v) is 52.1. The van der Waals surface area contributed by atoms with Gasteiger partial charge >= 0.3 is 0 Å². The second-order valence-electron chi connectivity index (χ2n) is 26.1. The Kier molecular flexibility index (Phi) is 11.0. The van der Waals surface area contributed by atoms with Gasteiger partial charge in [0.1, 0.15) is 6.07 Å². The summed E-state index contributed by atoms with van der Waals surface area (Å²) in [4.78, 5) is 5.01. The first-order valence-corrected chi connectivity index (χ1v) is 32.4. The average Bonchev–Trinajstić information content (AvgIpc) is 1.48. The topological polar surface area (TPSA) is 47.9 Å². The second-order valence-corrected chi connectivity index (χ2v) is 28.2. The fourth-order valence-corrected chi connectivity index (χ4v) is 17.6. The minimum atomic E-state index is -0.245. The van der Waals surface area contributed by atoms with E-state index in [1.165, 1.54) is 36.7 Å². The van der Waals surface area contributed by atoms with Gasteiger partial charge in [0.05, 0.1) is 88.4 Å². The van der Waals surface area contributed by atoms with Crippen LogP contribution in [-0.2, 0) is 10.8 Å². The fraction of sp³-hybridized carbons (Fsp3) is 0.0976. The lowest BCUT2D eigenvalue weighted by Crippen LogP contribution is -2.15. The number of thiophene rings is 2. The molecule has 0 N–H and O–H groups in total. The standard InChI is InChI=1S/C82H56N6S2/c1-81(2,3)49-38-42-68-59(44-49)60-45-62(82(4,5)6)71-57-30-16-22-36-70(57)90-80(71)76(60)88(68)78-74(85-63-31-17-11-25-50(63)51-26-12-18-32-64(51)85)61(46-83)73(72(84-7)77(78)86-65-33-19-13-27-52(65)53-28-14-20-34-66(53)86)87-67-41-37-48(47-23-9-8-10-24-47)43-58(67)55-39-40-56-54-29-15-21-35-69(54)89-79(56)75(55)87/h8-45H,1-6H3. The Balaban J connectivity index is 1.17. The van der Waals surface area contributed by atoms with Crippen LogP contribution in [0.2, 0.25) is 0 Å². The summed E-state index contributed by atoms with van der Waals surface area (Å²) < 4.78 is 14.2. The summed E-state index contributed by atoms with van der Waals surface area (Å²) in [5, 5.41) is 26.5. The third-order valence-electron chi connectivity index (χ3n) is 19.1. The predicted octanol–water partition coefficient (Wildman–Crippen LogP) is 23.5. The fourth-order valence-electron chi connectivity index (χ4n) is 15.1. The van der Waals surface area contributed by atoms with Gasteiger partial charge in [0.15, 0.2) is 0 Å². The molecule has 18 aromatic rings. The molecule has 0 aliphatic rings. The van der Waals surface area contributed by atoms with Crippen LogP contribution in [0.4, 0.5) is 5.69 Å². The van der Waals surface area contributed by atoms with E-state index in [-0.39, 0.29) is 10.8 Å². The van der Waals surface area contributed by atoms with E-state index in [0.717, 1.165) is 119 Å². The molecule has 0 bridgehead atoms. The van der Waals surface area contributed by atoms with Crippen LogP contribution < -0.4 is 0 Å². The largest absolute Gasteiger partial charge is 0.317 e. The summed E-state index contributed by atoms with van der Waals surface area (Å²) in [6.45, 7) is 24.2. The molecule has 8 heteroatoms. The SMILES string of the molecule is [C-]#[N+]c1c(-n2c3ccccc3c3ccccc32)c(-n2c3ccc(C(C)(C)C)cc3c3cc(C(C)(C)C)c4c5ccccc5sc4c32)c(-n2c3ccccc3c3ccccc32)c(C#N)c1-n1c2ccc(-c3ccccc3)cc2c2ccc3c4ccccc4sc3c21. The maximum atomic E-state index is 13.2. The molecule has 6 aromatic heterocycles. The van der Waals surface area contributed by atoms with E-state index in [2.05, 4.69) is 296 Å². The van der Waals surface area contributed by atoms with Gasteiger partial charge in [-0.25, -0.2) is 4.85 Å². The Bertz CT molecular complexity index is 6000. The zero-order valence-electron chi connectivity index (χ0n) is 50.4. The van der Waals surface area contributed by atoms with Gasteiger partial charge in [0.2, 0.25) is 5.69 Å². The molecule has 0 saturated carbocycles. The van der Waals surface area contributed by atoms with E-state index >= 15 is 0 Å². The molecule has 0 aliphatic heterocycles. The van der Waals surface area contributed by atoms with Crippen LogP contribution in [-0.4, -0.2) is 18.3 Å². The van der Waals surface area contributed by atoms with Crippen molar-refractivity contribution in [2.45, 2.75) is 52.4 Å². The highest BCUT2D eigenvalue weighted by Crippen LogP contribution is 2.55. The molecule has 12 aromatic carbocycles. The number of para-hydroxylation sites is 4. The van der Waals surface area contributed by atoms with E-state index in [1.807, 2.05) is 11.3 Å². The van der Waals surface area contributed by atoms with Crippen LogP contribution in [0.1, 0.15) is 58.2 Å². The molecule has 6 heterocycles. The summed E-state index contributed by atoms with van der Waals surface area (Å²) >= 11 is 3.61. The van der Waals surface area contributed by atoms with E-state index in [4.69, 9.17) is 4.85 Å². The van der Waals surface area contributed by atoms with Gasteiger partial charge in [0.25, 0.3) is 0 Å². The first-order valence-electron chi connectivity index (χ1n) is 30.8. The first-order chi connectivity index (χ1) is 43.9. The number of rotatable bonds is 5. The van der Waals surface area contributed by atoms with Crippen molar-refractivity contribution in [1.82, 2.24) is 18.3 Å². The minimum absolute atomic E-state index is 0.184. The van der Waals surface area contributed by atoms with Crippen molar-refractivity contribution in [3.05, 3.63) is 259 Å². The van der Waals surface area contributed by atoms with Crippen molar-refractivity contribution in [2.75, 3.05) is 0 Å². The van der Waals surface area contributed by atoms with Gasteiger partial charge in [-0.05, 0) is 99.8 Å². The molecular weight excluding hydrogens is 1130 g/mol. The van der Waals surface area contributed by atoms with Crippen molar-refractivity contribution in [2.24, 2.45) is 0 Å². The Morgan fingerprint density at radius 3 is 1.43 bits per heavy atom. The smallest absolute Gasteiger partial charge is 0.237 e. The summed E-state index contributed by atoms with van der Waals surface area (Å²) in [5.74, 6) is 0. The monoisotopic (exact) mass is 1190 g/mol. The van der Waals surface area contributed by atoms with Crippen LogP contribution in [0.15, 0.2) is 231 Å². The molecule has 18 rings (SSSR count). The maximum Gasteiger partial charge on any atom is 0.237 e. The van der Waals surface area contributed by atoms with E-state index in [1.54, 1.807) is 11.3 Å². The second kappa shape index (κ2) is 18.9. The Labute approximate surface area is 526 Å². The summed E-state index contributed by atoms with van der Waals surface area (Å²) in [7, 11) is 0. The van der Waals surface area contributed by atoms with Crippen molar-refractivity contribution in [3.8, 4) is 39.9 Å². The molecule has 0 aliphatic carbocycles. The van der Waals surface area contributed by atoms with Crippen LogP contribution >= 0.6 is 22.7 Å². The number of aromatic nitrogens is 4. The third-order valence-corrected chi connectivity index (χ3v) is 21.4. The number of hydrogen-bond donors (Lipinski definition) is 0. The molecule has 0 unspecified atom stereocenters. The Morgan fingerprint density at radius 1 is 0.367 bits per heavy atom. The van der Waals surface area contributed by atoms with E-state index < -0.39 is 0 Å². The number of hydrogen-bond acceptors (Lipinski definition) is 3. The van der Waals surface area contributed by atoms with Gasteiger partial charge in [-0.1, -0.05) is 205 Å². The number of benzene rings is 12. The number of fused-ring (bicyclic) bond motifs is 20. The Hall–Kier alpha value is -10.7. The lowest BCUT2D eigenvalue weighted by molar-refractivity contribution is 0.591. The zero-order chi connectivity index (χ0) is 60.6. The summed E-state index contributed by atoms with van der Waals surface area (Å²) in [6, 6.07) is 86.6. The molecule has 90 heavy (non-hydrogen) atoms. The Morgan fingerprint density at radius 2 is 0.844 bits per heavy atom. The molecule has 426 valence electrons. The van der Waals surface area contributed by atoms with Crippen LogP contribution in [0.25, 0.3) is 166 Å². The van der Waals surface area contributed by atoms with Gasteiger partial charge in [-0.15, -0.1) is 22.7 Å². The summed E-state index contributed by atoms with van der Waals surface area (Å²) in [5.41, 5.74) is 15.3. The van der Waals surface area contributed by atoms with Gasteiger partial charge in [-0.2, -0.15) is 5.26 Å². The minimum Gasteiger partial charge on any atom is -0.317 e. The average molecular weight is 1190 g/mol. The molecule has 6 nitrogen and oxygen atoms in total. The molecule has 0 radical (unpaired) electrons. The van der Waals surface area contributed by atoms with Crippen LogP contribution in [0, 0.1) is 17.9 Å². The van der Waals surface area contributed by atoms with Gasteiger partial charge in [-0.3, -0.25) is 0 Å². The van der Waals surface area contributed by atoms with Crippen molar-refractivity contribution in [1.29, 1.82) is 5.26 Å². The third kappa shape index (κ3) is 7.17. The van der Waals surface area contributed by atoms with Crippen molar-refractivity contribution >= 4 is 156 Å². The number of nitrogens with zero attached hydrogens (tertiary/aromatic N) is 6. The lowest BCUT2D eigenvalue weighted by Gasteiger charge is -2.28.